The number of aliphatic hydroxyl groups is 1. The summed E-state index contributed by atoms with van der Waals surface area (Å²) in [6, 6.07) is 23.0. The number of β-amino-alcohol motifs (C(OH)–C–C–N with tert-alkyl or cyclic N) is 1. The van der Waals surface area contributed by atoms with Gasteiger partial charge in [0.05, 0.1) is 12.6 Å². The average molecular weight is 426 g/mol. The van der Waals surface area contributed by atoms with Crippen molar-refractivity contribution in [1.29, 1.82) is 0 Å². The zero-order valence-electron chi connectivity index (χ0n) is 18.0. The van der Waals surface area contributed by atoms with E-state index in [4.69, 9.17) is 0 Å². The van der Waals surface area contributed by atoms with E-state index in [0.717, 1.165) is 37.4 Å². The number of hydrogen-bond acceptors (Lipinski definition) is 4. The van der Waals surface area contributed by atoms with Crippen LogP contribution in [0.25, 0.3) is 27.5 Å². The summed E-state index contributed by atoms with van der Waals surface area (Å²) in [5, 5.41) is 22.3. The SMILES string of the molecule is OC(CN1CCC(c2nnc3ccccn23)CC1)Cn1c2ccccc2c2ccccc21. The number of benzene rings is 2. The molecule has 1 atom stereocenters. The van der Waals surface area contributed by atoms with Crippen LogP contribution in [-0.2, 0) is 6.54 Å². The molecule has 1 aliphatic heterocycles. The number of piperidine rings is 1. The van der Waals surface area contributed by atoms with Gasteiger partial charge in [0.2, 0.25) is 0 Å². The molecule has 162 valence electrons. The third kappa shape index (κ3) is 3.36. The molecule has 6 rings (SSSR count). The molecule has 5 aromatic rings. The molecular formula is C26H27N5O. The number of rotatable bonds is 5. The summed E-state index contributed by atoms with van der Waals surface area (Å²) in [5.41, 5.74) is 3.28. The van der Waals surface area contributed by atoms with Gasteiger partial charge in [-0.2, -0.15) is 0 Å². The summed E-state index contributed by atoms with van der Waals surface area (Å²) < 4.78 is 4.38. The highest BCUT2D eigenvalue weighted by Crippen LogP contribution is 2.30. The van der Waals surface area contributed by atoms with Crippen molar-refractivity contribution >= 4 is 27.5 Å². The number of pyridine rings is 1. The van der Waals surface area contributed by atoms with Crippen molar-refractivity contribution in [3.05, 3.63) is 78.8 Å². The second-order valence-corrected chi connectivity index (χ2v) is 8.86. The first-order valence-electron chi connectivity index (χ1n) is 11.4. The molecule has 4 heterocycles. The standard InChI is InChI=1S/C26H27N5O/c32-20(18-31-23-9-3-1-7-21(23)22-8-2-4-10-24(22)31)17-29-15-12-19(13-16-29)26-28-27-25-11-5-6-14-30(25)26/h1-11,14,19-20,32H,12-13,15-18H2. The number of para-hydroxylation sites is 2. The maximum Gasteiger partial charge on any atom is 0.160 e. The van der Waals surface area contributed by atoms with Gasteiger partial charge < -0.3 is 14.6 Å². The number of likely N-dealkylation sites (tertiary alicyclic amines) is 1. The minimum absolute atomic E-state index is 0.415. The van der Waals surface area contributed by atoms with Crippen LogP contribution in [0.3, 0.4) is 0 Å². The molecule has 0 amide bonds. The van der Waals surface area contributed by atoms with Gasteiger partial charge in [0.25, 0.3) is 0 Å². The van der Waals surface area contributed by atoms with Gasteiger partial charge >= 0.3 is 0 Å². The zero-order chi connectivity index (χ0) is 21.5. The van der Waals surface area contributed by atoms with Gasteiger partial charge in [0, 0.05) is 40.5 Å². The molecule has 0 radical (unpaired) electrons. The first-order chi connectivity index (χ1) is 15.8. The van der Waals surface area contributed by atoms with Crippen molar-refractivity contribution < 1.29 is 5.11 Å². The molecule has 3 aromatic heterocycles. The molecular weight excluding hydrogens is 398 g/mol. The van der Waals surface area contributed by atoms with Gasteiger partial charge in [-0.25, -0.2) is 0 Å². The van der Waals surface area contributed by atoms with Crippen molar-refractivity contribution in [3.63, 3.8) is 0 Å². The van der Waals surface area contributed by atoms with E-state index in [1.54, 1.807) is 0 Å². The monoisotopic (exact) mass is 425 g/mol. The Labute approximate surface area is 186 Å². The Bertz CT molecular complexity index is 1330. The summed E-state index contributed by atoms with van der Waals surface area (Å²) in [5.74, 6) is 1.48. The highest BCUT2D eigenvalue weighted by molar-refractivity contribution is 6.07. The van der Waals surface area contributed by atoms with Gasteiger partial charge in [-0.05, 0) is 50.2 Å². The van der Waals surface area contributed by atoms with Crippen LogP contribution in [0.15, 0.2) is 72.9 Å². The Hall–Kier alpha value is -3.22. The third-order valence-corrected chi connectivity index (χ3v) is 6.83. The maximum atomic E-state index is 11.0. The largest absolute Gasteiger partial charge is 0.390 e. The predicted molar refractivity (Wildman–Crippen MR) is 127 cm³/mol. The second kappa shape index (κ2) is 8.04. The fourth-order valence-electron chi connectivity index (χ4n) is 5.28. The lowest BCUT2D eigenvalue weighted by molar-refractivity contribution is 0.0859. The number of aromatic nitrogens is 4. The first-order valence-corrected chi connectivity index (χ1v) is 11.4. The Kier molecular flexibility index (Phi) is 4.89. The van der Waals surface area contributed by atoms with E-state index in [0.29, 0.717) is 19.0 Å². The lowest BCUT2D eigenvalue weighted by atomic mass is 9.95. The highest BCUT2D eigenvalue weighted by atomic mass is 16.3. The van der Waals surface area contributed by atoms with Crippen LogP contribution < -0.4 is 0 Å². The predicted octanol–water partition coefficient (Wildman–Crippen LogP) is 4.08. The van der Waals surface area contributed by atoms with Crippen molar-refractivity contribution in [2.45, 2.75) is 31.4 Å². The summed E-state index contributed by atoms with van der Waals surface area (Å²) in [6.07, 6.45) is 3.71. The van der Waals surface area contributed by atoms with Gasteiger partial charge in [0.1, 0.15) is 5.82 Å². The van der Waals surface area contributed by atoms with E-state index in [-0.39, 0.29) is 0 Å². The molecule has 0 bridgehead atoms. The normalized spacial score (nSPS) is 16.9. The molecule has 2 aromatic carbocycles. The smallest absolute Gasteiger partial charge is 0.160 e. The molecule has 0 spiro atoms. The Morgan fingerprint density at radius 1 is 0.812 bits per heavy atom. The Morgan fingerprint density at radius 2 is 1.47 bits per heavy atom. The van der Waals surface area contributed by atoms with Crippen LogP contribution in [0, 0.1) is 0 Å². The zero-order valence-corrected chi connectivity index (χ0v) is 18.0. The van der Waals surface area contributed by atoms with Gasteiger partial charge in [-0.15, -0.1) is 10.2 Å². The van der Waals surface area contributed by atoms with Crippen LogP contribution in [-0.4, -0.2) is 54.9 Å². The van der Waals surface area contributed by atoms with Crippen molar-refractivity contribution in [3.8, 4) is 0 Å². The van der Waals surface area contributed by atoms with Crippen LogP contribution in [0.2, 0.25) is 0 Å². The van der Waals surface area contributed by atoms with E-state index in [1.165, 1.54) is 21.8 Å². The van der Waals surface area contributed by atoms with Crippen LogP contribution in [0.1, 0.15) is 24.6 Å². The molecule has 1 saturated heterocycles. The van der Waals surface area contributed by atoms with E-state index >= 15 is 0 Å². The van der Waals surface area contributed by atoms with Crippen molar-refractivity contribution in [2.24, 2.45) is 0 Å². The number of nitrogens with zero attached hydrogens (tertiary/aromatic N) is 5. The van der Waals surface area contributed by atoms with E-state index in [2.05, 4.69) is 72.6 Å². The fraction of sp³-hybridized carbons (Fsp3) is 0.308. The second-order valence-electron chi connectivity index (χ2n) is 8.86. The number of aliphatic hydroxyl groups excluding tert-OH is 1. The Balaban J connectivity index is 1.15. The molecule has 1 aliphatic rings. The summed E-state index contributed by atoms with van der Waals surface area (Å²) in [6.45, 7) is 3.23. The molecule has 1 unspecified atom stereocenters. The van der Waals surface area contributed by atoms with Crippen LogP contribution in [0.4, 0.5) is 0 Å². The van der Waals surface area contributed by atoms with Crippen molar-refractivity contribution in [1.82, 2.24) is 24.1 Å². The highest BCUT2D eigenvalue weighted by Gasteiger charge is 2.26. The number of fused-ring (bicyclic) bond motifs is 4. The van der Waals surface area contributed by atoms with E-state index in [1.807, 2.05) is 24.4 Å². The van der Waals surface area contributed by atoms with Crippen LogP contribution >= 0.6 is 0 Å². The maximum absolute atomic E-state index is 11.0. The molecule has 0 saturated carbocycles. The lowest BCUT2D eigenvalue weighted by Crippen LogP contribution is -2.40. The molecule has 1 N–H and O–H groups in total. The third-order valence-electron chi connectivity index (χ3n) is 6.83. The number of hydrogen-bond donors (Lipinski definition) is 1. The van der Waals surface area contributed by atoms with E-state index < -0.39 is 6.10 Å². The molecule has 32 heavy (non-hydrogen) atoms. The molecule has 1 fully saturated rings. The van der Waals surface area contributed by atoms with Crippen molar-refractivity contribution in [2.75, 3.05) is 19.6 Å². The quantitative estimate of drug-likeness (QED) is 0.461. The minimum Gasteiger partial charge on any atom is -0.390 e. The fourth-order valence-corrected chi connectivity index (χ4v) is 5.28. The van der Waals surface area contributed by atoms with Gasteiger partial charge in [0.15, 0.2) is 5.65 Å². The molecule has 6 nitrogen and oxygen atoms in total. The van der Waals surface area contributed by atoms with Gasteiger partial charge in [-0.3, -0.25) is 4.40 Å². The lowest BCUT2D eigenvalue weighted by Gasteiger charge is -2.32. The average Bonchev–Trinajstić information content (AvgIpc) is 3.40. The minimum atomic E-state index is -0.417. The topological polar surface area (TPSA) is 58.6 Å². The summed E-state index contributed by atoms with van der Waals surface area (Å²) in [4.78, 5) is 2.39. The molecule has 6 heteroatoms. The Morgan fingerprint density at radius 3 is 2.19 bits per heavy atom. The van der Waals surface area contributed by atoms with E-state index in [9.17, 15) is 5.11 Å². The van der Waals surface area contributed by atoms with Gasteiger partial charge in [-0.1, -0.05) is 42.5 Å². The van der Waals surface area contributed by atoms with Crippen LogP contribution in [0.5, 0.6) is 0 Å². The molecule has 0 aliphatic carbocycles. The summed E-state index contributed by atoms with van der Waals surface area (Å²) in [7, 11) is 0. The summed E-state index contributed by atoms with van der Waals surface area (Å²) >= 11 is 0. The first kappa shape index (κ1) is 19.5.